The summed E-state index contributed by atoms with van der Waals surface area (Å²) in [4.78, 5) is 16.6. The van der Waals surface area contributed by atoms with Crippen LogP contribution in [0.15, 0.2) is 21.3 Å². The molecule has 1 N–H and O–H groups in total. The van der Waals surface area contributed by atoms with Crippen LogP contribution in [0.4, 0.5) is 0 Å². The summed E-state index contributed by atoms with van der Waals surface area (Å²) in [5.74, 6) is 0.684. The lowest BCUT2D eigenvalue weighted by Gasteiger charge is -2.37. The van der Waals surface area contributed by atoms with Gasteiger partial charge in [-0.1, -0.05) is 0 Å². The zero-order chi connectivity index (χ0) is 20.1. The van der Waals surface area contributed by atoms with Gasteiger partial charge in [-0.2, -0.15) is 0 Å². The highest BCUT2D eigenvalue weighted by Crippen LogP contribution is 2.30. The van der Waals surface area contributed by atoms with Crippen LogP contribution in [0.2, 0.25) is 0 Å². The molecule has 2 aliphatic heterocycles. The Morgan fingerprint density at radius 3 is 2.50 bits per heavy atom. The molecule has 152 valence electrons. The molecule has 2 aliphatic rings. The van der Waals surface area contributed by atoms with Gasteiger partial charge in [0.25, 0.3) is 0 Å². The van der Waals surface area contributed by atoms with Crippen LogP contribution in [-0.4, -0.2) is 67.1 Å². The first-order valence-electron chi connectivity index (χ1n) is 9.67. The summed E-state index contributed by atoms with van der Waals surface area (Å²) >= 11 is 0. The molecule has 0 amide bonds. The normalized spacial score (nSPS) is 23.4. The highest BCUT2D eigenvalue weighted by Gasteiger charge is 2.33. The topological polar surface area (TPSA) is 91.1 Å². The highest BCUT2D eigenvalue weighted by molar-refractivity contribution is 7.91. The van der Waals surface area contributed by atoms with Gasteiger partial charge in [0, 0.05) is 49.7 Å². The molecule has 1 aromatic heterocycles. The molecule has 0 unspecified atom stereocenters. The van der Waals surface area contributed by atoms with Crippen molar-refractivity contribution in [2.75, 3.05) is 37.7 Å². The molecule has 2 saturated heterocycles. The first-order valence-corrected chi connectivity index (χ1v) is 11.5. The average Bonchev–Trinajstić information content (AvgIpc) is 3.03. The molecule has 2 fully saturated rings. The Kier molecular flexibility index (Phi) is 4.97. The standard InChI is InChI=1S/C20H26N2O5S/c1-13-14(2)20(24)27-19-16(13)3-4-18(23)17(19)11-21-6-8-22(9-7-21)15-5-10-28(25,26)12-15/h3-4,15,23H,5-12H2,1-2H3/t15-/m0/s1. The summed E-state index contributed by atoms with van der Waals surface area (Å²) in [7, 11) is -2.88. The second-order valence-corrected chi connectivity index (χ2v) is 10.2. The second-order valence-electron chi connectivity index (χ2n) is 7.95. The smallest absolute Gasteiger partial charge is 0.339 e. The number of hydrogen-bond donors (Lipinski definition) is 1. The summed E-state index contributed by atoms with van der Waals surface area (Å²) in [6.45, 7) is 7.29. The molecule has 0 spiro atoms. The summed E-state index contributed by atoms with van der Waals surface area (Å²) < 4.78 is 29.0. The van der Waals surface area contributed by atoms with Crippen LogP contribution in [0.25, 0.3) is 11.0 Å². The third-order valence-electron chi connectivity index (χ3n) is 6.22. The fourth-order valence-electron chi connectivity index (χ4n) is 4.28. The molecule has 8 heteroatoms. The molecule has 0 bridgehead atoms. The van der Waals surface area contributed by atoms with Gasteiger partial charge in [0.2, 0.25) is 0 Å². The van der Waals surface area contributed by atoms with Gasteiger partial charge in [0.05, 0.1) is 17.1 Å². The summed E-state index contributed by atoms with van der Waals surface area (Å²) in [6, 6.07) is 3.57. The summed E-state index contributed by atoms with van der Waals surface area (Å²) in [5, 5.41) is 11.3. The number of aryl methyl sites for hydroxylation is 1. The van der Waals surface area contributed by atoms with Crippen LogP contribution < -0.4 is 5.63 Å². The van der Waals surface area contributed by atoms with Crippen LogP contribution >= 0.6 is 0 Å². The number of nitrogens with zero attached hydrogens (tertiary/aromatic N) is 2. The number of piperazine rings is 1. The van der Waals surface area contributed by atoms with E-state index in [9.17, 15) is 18.3 Å². The molecule has 1 aromatic carbocycles. The van der Waals surface area contributed by atoms with Gasteiger partial charge in [-0.05, 0) is 38.0 Å². The van der Waals surface area contributed by atoms with Gasteiger partial charge in [-0.15, -0.1) is 0 Å². The average molecular weight is 407 g/mol. The van der Waals surface area contributed by atoms with Crippen molar-refractivity contribution in [1.82, 2.24) is 9.80 Å². The third kappa shape index (κ3) is 3.56. The maximum absolute atomic E-state index is 12.1. The molecule has 0 saturated carbocycles. The van der Waals surface area contributed by atoms with E-state index < -0.39 is 9.84 Å². The fourth-order valence-corrected chi connectivity index (χ4v) is 6.04. The lowest BCUT2D eigenvalue weighted by molar-refractivity contribution is 0.0996. The van der Waals surface area contributed by atoms with Gasteiger partial charge in [-0.25, -0.2) is 13.2 Å². The maximum atomic E-state index is 12.1. The first kappa shape index (κ1) is 19.4. The zero-order valence-electron chi connectivity index (χ0n) is 16.3. The van der Waals surface area contributed by atoms with Crippen LogP contribution in [-0.2, 0) is 16.4 Å². The Hall–Kier alpha value is -1.90. The quantitative estimate of drug-likeness (QED) is 0.771. The molecular weight excluding hydrogens is 380 g/mol. The van der Waals surface area contributed by atoms with Crippen molar-refractivity contribution in [2.24, 2.45) is 0 Å². The Bertz CT molecular complexity index is 1070. The van der Waals surface area contributed by atoms with E-state index >= 15 is 0 Å². The minimum Gasteiger partial charge on any atom is -0.507 e. The number of rotatable bonds is 3. The van der Waals surface area contributed by atoms with Gasteiger partial charge in [0.15, 0.2) is 9.84 Å². The Balaban J connectivity index is 1.52. The van der Waals surface area contributed by atoms with Crippen molar-refractivity contribution in [2.45, 2.75) is 32.9 Å². The van der Waals surface area contributed by atoms with Crippen LogP contribution in [0, 0.1) is 13.8 Å². The van der Waals surface area contributed by atoms with E-state index in [0.29, 0.717) is 29.0 Å². The van der Waals surface area contributed by atoms with Crippen molar-refractivity contribution in [3.8, 4) is 5.75 Å². The van der Waals surface area contributed by atoms with Crippen LogP contribution in [0.1, 0.15) is 23.1 Å². The predicted octanol–water partition coefficient (Wildman–Crippen LogP) is 1.42. The number of hydrogen-bond acceptors (Lipinski definition) is 7. The van der Waals surface area contributed by atoms with Gasteiger partial charge in [0.1, 0.15) is 11.3 Å². The van der Waals surface area contributed by atoms with E-state index in [-0.39, 0.29) is 23.2 Å². The molecule has 7 nitrogen and oxygen atoms in total. The third-order valence-corrected chi connectivity index (χ3v) is 7.97. The van der Waals surface area contributed by atoms with Gasteiger partial charge in [-0.3, -0.25) is 9.80 Å². The van der Waals surface area contributed by atoms with E-state index in [1.807, 2.05) is 6.92 Å². The Morgan fingerprint density at radius 1 is 1.14 bits per heavy atom. The Labute approximate surface area is 164 Å². The second kappa shape index (κ2) is 7.17. The Morgan fingerprint density at radius 2 is 1.86 bits per heavy atom. The van der Waals surface area contributed by atoms with Crippen LogP contribution in [0.3, 0.4) is 0 Å². The van der Waals surface area contributed by atoms with Crippen molar-refractivity contribution >= 4 is 20.8 Å². The van der Waals surface area contributed by atoms with E-state index in [0.717, 1.165) is 43.5 Å². The number of benzene rings is 1. The SMILES string of the molecule is Cc1c(C)c2ccc(O)c(CN3CCN([C@H]4CCS(=O)(=O)C4)CC3)c2oc1=O. The number of sulfone groups is 1. The molecule has 3 heterocycles. The molecule has 2 aromatic rings. The zero-order valence-corrected chi connectivity index (χ0v) is 17.1. The molecule has 0 aliphatic carbocycles. The molecule has 4 rings (SSSR count). The minimum absolute atomic E-state index is 0.127. The number of phenols is 1. The largest absolute Gasteiger partial charge is 0.507 e. The van der Waals surface area contributed by atoms with Crippen molar-refractivity contribution in [1.29, 1.82) is 0 Å². The lowest BCUT2D eigenvalue weighted by atomic mass is 10.0. The molecule has 28 heavy (non-hydrogen) atoms. The van der Waals surface area contributed by atoms with Gasteiger partial charge >= 0.3 is 5.63 Å². The van der Waals surface area contributed by atoms with Crippen molar-refractivity contribution in [3.63, 3.8) is 0 Å². The number of aromatic hydroxyl groups is 1. The molecule has 1 atom stereocenters. The van der Waals surface area contributed by atoms with Gasteiger partial charge < -0.3 is 9.52 Å². The monoisotopic (exact) mass is 406 g/mol. The predicted molar refractivity (Wildman–Crippen MR) is 108 cm³/mol. The van der Waals surface area contributed by atoms with E-state index in [4.69, 9.17) is 4.42 Å². The highest BCUT2D eigenvalue weighted by atomic mass is 32.2. The maximum Gasteiger partial charge on any atom is 0.339 e. The fraction of sp³-hybridized carbons (Fsp3) is 0.550. The van der Waals surface area contributed by atoms with E-state index in [2.05, 4.69) is 9.80 Å². The number of phenolic OH excluding ortho intramolecular Hbond substituents is 1. The van der Waals surface area contributed by atoms with Crippen molar-refractivity contribution in [3.05, 3.63) is 39.2 Å². The summed E-state index contributed by atoms with van der Waals surface area (Å²) in [6.07, 6.45) is 0.718. The lowest BCUT2D eigenvalue weighted by Crippen LogP contribution is -2.50. The van der Waals surface area contributed by atoms with E-state index in [1.54, 1.807) is 19.1 Å². The van der Waals surface area contributed by atoms with Crippen molar-refractivity contribution < 1.29 is 17.9 Å². The van der Waals surface area contributed by atoms with E-state index in [1.165, 1.54) is 0 Å². The molecule has 0 radical (unpaired) electrons. The first-order chi connectivity index (χ1) is 13.2. The van der Waals surface area contributed by atoms with Crippen LogP contribution in [0.5, 0.6) is 5.75 Å². The minimum atomic E-state index is -2.88. The molecular formula is C20H26N2O5S. The summed E-state index contributed by atoms with van der Waals surface area (Å²) in [5.41, 5.74) is 2.18. The number of fused-ring (bicyclic) bond motifs is 1.